The third-order valence-electron chi connectivity index (χ3n) is 5.39. The first kappa shape index (κ1) is 33.0. The lowest BCUT2D eigenvalue weighted by molar-refractivity contribution is 0.304. The molecule has 1 aliphatic rings. The minimum absolute atomic E-state index is 0. The van der Waals surface area contributed by atoms with E-state index >= 15 is 0 Å². The molecule has 0 atom stereocenters. The van der Waals surface area contributed by atoms with E-state index in [0.29, 0.717) is 6.61 Å². The molecule has 0 aliphatic heterocycles. The Morgan fingerprint density at radius 3 is 1.97 bits per heavy atom. The third kappa shape index (κ3) is 10.4. The minimum Gasteiger partial charge on any atom is -0.305 e. The number of benzene rings is 2. The summed E-state index contributed by atoms with van der Waals surface area (Å²) >= 11 is 1.45. The average Bonchev–Trinajstić information content (AvgIpc) is 2.68. The normalized spacial score (nSPS) is 17.1. The van der Waals surface area contributed by atoms with E-state index in [1.165, 1.54) is 68.1 Å². The molecule has 174 valence electrons. The Bertz CT molecular complexity index is 619. The molecule has 3 rings (SSSR count). The van der Waals surface area contributed by atoms with Crippen LogP contribution in [0.15, 0.2) is 59.5 Å². The number of rotatable bonds is 8. The highest BCUT2D eigenvalue weighted by atomic mass is 32.2. The van der Waals surface area contributed by atoms with Gasteiger partial charge in [-0.3, -0.25) is 23.5 Å². The second-order valence-electron chi connectivity index (χ2n) is 7.26. The minimum atomic E-state index is 0. The molecule has 0 aromatic heterocycles. The maximum absolute atomic E-state index is 5.76. The molecular weight excluding hydrogens is 419 g/mol. The predicted molar refractivity (Wildman–Crippen MR) is 120 cm³/mol. The summed E-state index contributed by atoms with van der Waals surface area (Å²) in [6.07, 6.45) is 9.77. The predicted octanol–water partition coefficient (Wildman–Crippen LogP) is 8.14. The van der Waals surface area contributed by atoms with Crippen molar-refractivity contribution in [2.75, 3.05) is 0 Å². The Hall–Kier alpha value is -1.60. The summed E-state index contributed by atoms with van der Waals surface area (Å²) in [5.41, 5.74) is 2.78. The summed E-state index contributed by atoms with van der Waals surface area (Å²) in [6.45, 7) is 2.96. The van der Waals surface area contributed by atoms with Crippen molar-refractivity contribution >= 4 is 12.0 Å². The lowest BCUT2D eigenvalue weighted by Gasteiger charge is -2.29. The van der Waals surface area contributed by atoms with Crippen molar-refractivity contribution in [3.8, 4) is 0 Å². The lowest BCUT2D eigenvalue weighted by atomic mass is 9.77. The van der Waals surface area contributed by atoms with Crippen LogP contribution in [-0.2, 0) is 10.8 Å². The quantitative estimate of drug-likeness (QED) is 0.294. The van der Waals surface area contributed by atoms with Crippen molar-refractivity contribution in [2.45, 2.75) is 69.3 Å². The van der Waals surface area contributed by atoms with Gasteiger partial charge in [0.2, 0.25) is 0 Å². The summed E-state index contributed by atoms with van der Waals surface area (Å²) in [5, 5.41) is 0. The van der Waals surface area contributed by atoms with Gasteiger partial charge in [0.15, 0.2) is 0 Å². The Balaban J connectivity index is -0.00000146. The molecule has 30 heavy (non-hydrogen) atoms. The molecular formula is C23H35F5OS. The van der Waals surface area contributed by atoms with Crippen molar-refractivity contribution in [1.82, 2.24) is 0 Å². The van der Waals surface area contributed by atoms with Gasteiger partial charge in [-0.05, 0) is 60.8 Å². The summed E-state index contributed by atoms with van der Waals surface area (Å²) in [7, 11) is 0. The molecule has 1 aliphatic carbocycles. The van der Waals surface area contributed by atoms with Gasteiger partial charge >= 0.3 is 0 Å². The first-order valence-corrected chi connectivity index (χ1v) is 10.5. The maximum Gasteiger partial charge on any atom is 0.0869 e. The van der Waals surface area contributed by atoms with Gasteiger partial charge in [0, 0.05) is 16.9 Å². The summed E-state index contributed by atoms with van der Waals surface area (Å²) in [6, 6.07) is 19.4. The van der Waals surface area contributed by atoms with Crippen LogP contribution in [0, 0.1) is 5.92 Å². The monoisotopic (exact) mass is 454 g/mol. The lowest BCUT2D eigenvalue weighted by Crippen LogP contribution is -2.13. The van der Waals surface area contributed by atoms with E-state index in [-0.39, 0.29) is 23.5 Å². The van der Waals surface area contributed by atoms with Gasteiger partial charge in [0.25, 0.3) is 0 Å². The molecule has 0 N–H and O–H groups in total. The molecule has 1 nitrogen and oxygen atoms in total. The Morgan fingerprint density at radius 1 is 0.800 bits per heavy atom. The highest BCUT2D eigenvalue weighted by Gasteiger charge is 2.21. The van der Waals surface area contributed by atoms with Gasteiger partial charge in [-0.1, -0.05) is 68.7 Å². The summed E-state index contributed by atoms with van der Waals surface area (Å²) in [5.74, 6) is 1.76. The highest BCUT2D eigenvalue weighted by Crippen LogP contribution is 2.37. The van der Waals surface area contributed by atoms with Crippen LogP contribution < -0.4 is 0 Å². The first-order valence-electron chi connectivity index (χ1n) is 9.78. The van der Waals surface area contributed by atoms with Gasteiger partial charge < -0.3 is 4.18 Å². The van der Waals surface area contributed by atoms with E-state index in [4.69, 9.17) is 4.18 Å². The van der Waals surface area contributed by atoms with Crippen LogP contribution in [0.1, 0.15) is 68.9 Å². The van der Waals surface area contributed by atoms with Crippen LogP contribution in [0.3, 0.4) is 0 Å². The zero-order chi connectivity index (χ0) is 17.3. The standard InChI is InChI=1S/C23H30OS.5FH/c1-2-3-7-19-10-14-21(15-11-19)22-16-12-20(13-17-22)18-24-25-23-8-5-4-6-9-23;;;;;/h4-6,8-9,12-13,16-17,19,21H,2-3,7,10-11,14-15,18H2,1H3;5*1H. The fourth-order valence-electron chi connectivity index (χ4n) is 3.80. The van der Waals surface area contributed by atoms with Crippen molar-refractivity contribution in [3.05, 3.63) is 65.7 Å². The van der Waals surface area contributed by atoms with Crippen molar-refractivity contribution in [3.63, 3.8) is 0 Å². The maximum atomic E-state index is 5.76. The SMILES string of the molecule is CCCCC1CCC(c2ccc(COSc3ccccc3)cc2)CC1.F.F.F.F.F. The van der Waals surface area contributed by atoms with Gasteiger partial charge in [-0.2, -0.15) is 0 Å². The molecule has 0 heterocycles. The Kier molecular flexibility index (Phi) is 20.0. The van der Waals surface area contributed by atoms with E-state index in [1.54, 1.807) is 0 Å². The zero-order valence-corrected chi connectivity index (χ0v) is 18.2. The van der Waals surface area contributed by atoms with E-state index in [2.05, 4.69) is 43.3 Å². The van der Waals surface area contributed by atoms with Crippen LogP contribution in [0.4, 0.5) is 23.5 Å². The van der Waals surface area contributed by atoms with Gasteiger partial charge in [-0.15, -0.1) is 0 Å². The first-order chi connectivity index (χ1) is 12.3. The molecule has 2 aromatic carbocycles. The largest absolute Gasteiger partial charge is 0.305 e. The zero-order valence-electron chi connectivity index (χ0n) is 17.4. The van der Waals surface area contributed by atoms with Crippen molar-refractivity contribution < 1.29 is 27.7 Å². The van der Waals surface area contributed by atoms with E-state index in [9.17, 15) is 0 Å². The molecule has 7 heteroatoms. The second-order valence-corrected chi connectivity index (χ2v) is 8.13. The van der Waals surface area contributed by atoms with Crippen molar-refractivity contribution in [1.29, 1.82) is 0 Å². The second kappa shape index (κ2) is 18.2. The molecule has 0 saturated heterocycles. The van der Waals surface area contributed by atoms with Crippen molar-refractivity contribution in [2.24, 2.45) is 5.92 Å². The van der Waals surface area contributed by atoms with Crippen LogP contribution in [-0.4, -0.2) is 0 Å². The Morgan fingerprint density at radius 2 is 1.40 bits per heavy atom. The molecule has 0 bridgehead atoms. The van der Waals surface area contributed by atoms with E-state index in [1.807, 2.05) is 18.2 Å². The van der Waals surface area contributed by atoms with Crippen LogP contribution in [0.25, 0.3) is 0 Å². The number of hydrogen-bond donors (Lipinski definition) is 0. The smallest absolute Gasteiger partial charge is 0.0869 e. The molecule has 1 saturated carbocycles. The summed E-state index contributed by atoms with van der Waals surface area (Å²) in [4.78, 5) is 1.15. The summed E-state index contributed by atoms with van der Waals surface area (Å²) < 4.78 is 5.76. The Labute approximate surface area is 181 Å². The van der Waals surface area contributed by atoms with Crippen LogP contribution in [0.5, 0.6) is 0 Å². The van der Waals surface area contributed by atoms with Crippen LogP contribution in [0.2, 0.25) is 0 Å². The topological polar surface area (TPSA) is 9.23 Å². The van der Waals surface area contributed by atoms with Crippen LogP contribution >= 0.6 is 12.0 Å². The molecule has 1 fully saturated rings. The average molecular weight is 455 g/mol. The fraction of sp³-hybridized carbons (Fsp3) is 0.478. The number of hydrogen-bond acceptors (Lipinski definition) is 2. The molecule has 0 unspecified atom stereocenters. The molecule has 0 spiro atoms. The fourth-order valence-corrected chi connectivity index (χ4v) is 4.40. The van der Waals surface area contributed by atoms with Gasteiger partial charge in [-0.25, -0.2) is 0 Å². The highest BCUT2D eigenvalue weighted by molar-refractivity contribution is 7.94. The van der Waals surface area contributed by atoms with Gasteiger partial charge in [0.05, 0.1) is 6.61 Å². The third-order valence-corrected chi connectivity index (χ3v) is 6.09. The molecule has 0 radical (unpaired) electrons. The van der Waals surface area contributed by atoms with E-state index < -0.39 is 0 Å². The number of unbranched alkanes of at least 4 members (excludes halogenated alkanes) is 1. The van der Waals surface area contributed by atoms with Gasteiger partial charge in [0.1, 0.15) is 0 Å². The number of halogens is 5. The molecule has 0 amide bonds. The molecule has 2 aromatic rings. The van der Waals surface area contributed by atoms with E-state index in [0.717, 1.165) is 16.7 Å².